The average Bonchev–Trinajstić information content (AvgIpc) is 2.95. The Hall–Kier alpha value is -1.58. The molecule has 0 radical (unpaired) electrons. The minimum Gasteiger partial charge on any atom is -0.394 e. The molecule has 0 aliphatic carbocycles. The van der Waals surface area contributed by atoms with Gasteiger partial charge in [-0.3, -0.25) is 14.7 Å². The minimum atomic E-state index is -0.831. The van der Waals surface area contributed by atoms with Crippen molar-refractivity contribution < 1.29 is 24.5 Å². The number of ether oxygens (including phenoxy) is 2. The highest BCUT2D eigenvalue weighted by Gasteiger charge is 2.45. The van der Waals surface area contributed by atoms with Crippen LogP contribution in [0.25, 0.3) is 0 Å². The Balaban J connectivity index is 1.95. The first kappa shape index (κ1) is 19.7. The van der Waals surface area contributed by atoms with E-state index in [2.05, 4.69) is 10.3 Å². The van der Waals surface area contributed by atoms with Crippen molar-refractivity contribution in [3.05, 3.63) is 30.1 Å². The number of amides is 1. The van der Waals surface area contributed by atoms with Gasteiger partial charge < -0.3 is 25.0 Å². The maximum Gasteiger partial charge on any atom is 0.246 e. The summed E-state index contributed by atoms with van der Waals surface area (Å²) >= 11 is 0. The van der Waals surface area contributed by atoms with E-state index >= 15 is 0 Å². The van der Waals surface area contributed by atoms with Crippen LogP contribution in [0.3, 0.4) is 0 Å². The third-order valence-corrected chi connectivity index (χ3v) is 4.37. The maximum absolute atomic E-state index is 11.6. The summed E-state index contributed by atoms with van der Waals surface area (Å²) < 4.78 is 10.5. The molecule has 1 aromatic rings. The van der Waals surface area contributed by atoms with Crippen molar-refractivity contribution in [1.29, 1.82) is 0 Å². The fraction of sp³-hybridized carbons (Fsp3) is 0.647. The van der Waals surface area contributed by atoms with E-state index in [9.17, 15) is 15.0 Å². The molecule has 1 aliphatic rings. The summed E-state index contributed by atoms with van der Waals surface area (Å²) in [5.74, 6) is -0.247. The Morgan fingerprint density at radius 1 is 1.44 bits per heavy atom. The second kappa shape index (κ2) is 9.79. The first-order valence-electron chi connectivity index (χ1n) is 8.37. The van der Waals surface area contributed by atoms with Gasteiger partial charge in [0.1, 0.15) is 18.8 Å². The van der Waals surface area contributed by atoms with Crippen molar-refractivity contribution in [2.75, 3.05) is 40.5 Å². The number of carbonyl (C=O) groups is 1. The van der Waals surface area contributed by atoms with Crippen molar-refractivity contribution in [2.45, 2.75) is 30.8 Å². The van der Waals surface area contributed by atoms with Crippen molar-refractivity contribution in [3.8, 4) is 0 Å². The van der Waals surface area contributed by atoms with E-state index in [0.717, 1.165) is 12.1 Å². The largest absolute Gasteiger partial charge is 0.394 e. The van der Waals surface area contributed by atoms with Gasteiger partial charge in [0.25, 0.3) is 0 Å². The second-order valence-electron chi connectivity index (χ2n) is 6.17. The molecule has 1 saturated heterocycles. The first-order chi connectivity index (χ1) is 12.1. The Morgan fingerprint density at radius 2 is 2.24 bits per heavy atom. The van der Waals surface area contributed by atoms with Crippen LogP contribution in [-0.2, 0) is 20.7 Å². The lowest BCUT2D eigenvalue weighted by Crippen LogP contribution is -2.50. The molecule has 0 aromatic carbocycles. The normalized spacial score (nSPS) is 26.1. The number of carbonyl (C=O) groups excluding carboxylic acids is 1. The van der Waals surface area contributed by atoms with Gasteiger partial charge in [-0.05, 0) is 19.2 Å². The van der Waals surface area contributed by atoms with Crippen molar-refractivity contribution in [1.82, 2.24) is 15.2 Å². The van der Waals surface area contributed by atoms with Crippen molar-refractivity contribution in [3.63, 3.8) is 0 Å². The SMILES string of the molecule is COCC(=O)NC[C@H]1O[C@@H](CO)[C@@H](O)[C@H]1N(C)CCc1ccccn1. The number of rotatable bonds is 9. The van der Waals surface area contributed by atoms with Gasteiger partial charge in [0, 0.05) is 38.5 Å². The summed E-state index contributed by atoms with van der Waals surface area (Å²) in [5.41, 5.74) is 0.964. The number of aliphatic hydroxyl groups excluding tert-OH is 2. The summed E-state index contributed by atoms with van der Waals surface area (Å²) in [7, 11) is 3.34. The molecule has 3 N–H and O–H groups in total. The number of likely N-dealkylation sites (N-methyl/N-ethyl adjacent to an activating group) is 1. The summed E-state index contributed by atoms with van der Waals surface area (Å²) in [5, 5.41) is 22.6. The highest BCUT2D eigenvalue weighted by atomic mass is 16.5. The number of hydrogen-bond donors (Lipinski definition) is 3. The topological polar surface area (TPSA) is 104 Å². The van der Waals surface area contributed by atoms with Crippen LogP contribution < -0.4 is 5.32 Å². The second-order valence-corrected chi connectivity index (χ2v) is 6.17. The fourth-order valence-electron chi connectivity index (χ4n) is 3.07. The molecule has 140 valence electrons. The molecule has 1 aromatic heterocycles. The number of methoxy groups -OCH3 is 1. The fourth-order valence-corrected chi connectivity index (χ4v) is 3.07. The quantitative estimate of drug-likeness (QED) is 0.513. The molecule has 1 amide bonds. The zero-order valence-corrected chi connectivity index (χ0v) is 14.7. The van der Waals surface area contributed by atoms with Crippen LogP contribution in [0.5, 0.6) is 0 Å². The molecule has 2 heterocycles. The van der Waals surface area contributed by atoms with E-state index < -0.39 is 18.3 Å². The van der Waals surface area contributed by atoms with Crippen LogP contribution in [0.4, 0.5) is 0 Å². The van der Waals surface area contributed by atoms with Gasteiger partial charge >= 0.3 is 0 Å². The van der Waals surface area contributed by atoms with Crippen LogP contribution in [0.15, 0.2) is 24.4 Å². The lowest BCUT2D eigenvalue weighted by atomic mass is 10.0. The molecule has 8 nitrogen and oxygen atoms in total. The Kier molecular flexibility index (Phi) is 7.73. The van der Waals surface area contributed by atoms with E-state index in [-0.39, 0.29) is 31.7 Å². The number of pyridine rings is 1. The van der Waals surface area contributed by atoms with Crippen LogP contribution in [-0.4, -0.2) is 90.8 Å². The van der Waals surface area contributed by atoms with Gasteiger partial charge in [-0.1, -0.05) is 6.07 Å². The molecule has 4 atom stereocenters. The van der Waals surface area contributed by atoms with Crippen molar-refractivity contribution >= 4 is 5.91 Å². The molecule has 1 aliphatic heterocycles. The van der Waals surface area contributed by atoms with E-state index in [1.165, 1.54) is 7.11 Å². The molecule has 25 heavy (non-hydrogen) atoms. The van der Waals surface area contributed by atoms with Gasteiger partial charge in [-0.25, -0.2) is 0 Å². The van der Waals surface area contributed by atoms with E-state index in [1.807, 2.05) is 30.1 Å². The molecule has 2 rings (SSSR count). The zero-order chi connectivity index (χ0) is 18.2. The molecular formula is C17H27N3O5. The number of hydrogen-bond acceptors (Lipinski definition) is 7. The van der Waals surface area contributed by atoms with Gasteiger partial charge in [0.15, 0.2) is 0 Å². The predicted octanol–water partition coefficient (Wildman–Crippen LogP) is -1.19. The first-order valence-corrected chi connectivity index (χ1v) is 8.37. The summed E-state index contributed by atoms with van der Waals surface area (Å²) in [6, 6.07) is 5.43. The number of nitrogens with zero attached hydrogens (tertiary/aromatic N) is 2. The van der Waals surface area contributed by atoms with E-state index in [0.29, 0.717) is 6.54 Å². The van der Waals surface area contributed by atoms with Gasteiger partial charge in [0.05, 0.1) is 18.8 Å². The van der Waals surface area contributed by atoms with Crippen LogP contribution in [0.2, 0.25) is 0 Å². The third-order valence-electron chi connectivity index (χ3n) is 4.37. The molecule has 8 heteroatoms. The Morgan fingerprint density at radius 3 is 2.88 bits per heavy atom. The number of nitrogens with one attached hydrogen (secondary N) is 1. The average molecular weight is 353 g/mol. The van der Waals surface area contributed by atoms with Gasteiger partial charge in [-0.15, -0.1) is 0 Å². The smallest absolute Gasteiger partial charge is 0.246 e. The lowest BCUT2D eigenvalue weighted by Gasteiger charge is -2.30. The summed E-state index contributed by atoms with van der Waals surface area (Å²) in [6.45, 7) is 0.615. The van der Waals surface area contributed by atoms with Crippen LogP contribution in [0.1, 0.15) is 5.69 Å². The highest BCUT2D eigenvalue weighted by molar-refractivity contribution is 5.77. The molecule has 0 spiro atoms. The third kappa shape index (κ3) is 5.45. The van der Waals surface area contributed by atoms with Gasteiger partial charge in [0.2, 0.25) is 5.91 Å². The number of aromatic nitrogens is 1. The highest BCUT2D eigenvalue weighted by Crippen LogP contribution is 2.25. The lowest BCUT2D eigenvalue weighted by molar-refractivity contribution is -0.125. The Bertz CT molecular complexity index is 530. The van der Waals surface area contributed by atoms with Gasteiger partial charge in [-0.2, -0.15) is 0 Å². The summed E-state index contributed by atoms with van der Waals surface area (Å²) in [4.78, 5) is 17.9. The molecular weight excluding hydrogens is 326 g/mol. The molecule has 0 saturated carbocycles. The molecule has 1 fully saturated rings. The monoisotopic (exact) mass is 353 g/mol. The predicted molar refractivity (Wildman–Crippen MR) is 91.0 cm³/mol. The summed E-state index contributed by atoms with van der Waals surface area (Å²) in [6.07, 6.45) is 0.572. The molecule has 0 bridgehead atoms. The number of aliphatic hydroxyl groups is 2. The van der Waals surface area contributed by atoms with Crippen LogP contribution in [0, 0.1) is 0 Å². The maximum atomic E-state index is 11.6. The standard InChI is InChI=1S/C17H27N3O5/c1-20(8-6-12-5-3-4-7-18-12)16-13(9-19-15(22)11-24-2)25-14(10-21)17(16)23/h3-5,7,13-14,16-17,21,23H,6,8-11H2,1-2H3,(H,19,22)/t13-,14+,16+,17-/m1/s1. The molecule has 0 unspecified atom stereocenters. The van der Waals surface area contributed by atoms with Crippen molar-refractivity contribution in [2.24, 2.45) is 0 Å². The zero-order valence-electron chi connectivity index (χ0n) is 14.7. The van der Waals surface area contributed by atoms with E-state index in [4.69, 9.17) is 9.47 Å². The van der Waals surface area contributed by atoms with Crippen LogP contribution >= 0.6 is 0 Å². The Labute approximate surface area is 147 Å². The minimum absolute atomic E-state index is 0.0289. The van der Waals surface area contributed by atoms with E-state index in [1.54, 1.807) is 6.20 Å².